The Balaban J connectivity index is 5.24. The predicted molar refractivity (Wildman–Crippen MR) is 418 cm³/mol. The number of esters is 4. The number of aliphatic hydroxyl groups is 1. The number of hydrogen-bond donors (Lipinski definition) is 3. The van der Waals surface area contributed by atoms with E-state index in [4.69, 9.17) is 37.0 Å². The van der Waals surface area contributed by atoms with Crippen molar-refractivity contribution < 1.29 is 80.2 Å². The lowest BCUT2D eigenvalue weighted by Gasteiger charge is -2.21. The number of phosphoric ester groups is 2. The first kappa shape index (κ1) is 100. The Labute approximate surface area is 626 Å². The molecule has 0 heterocycles. The van der Waals surface area contributed by atoms with E-state index in [1.54, 1.807) is 0 Å². The van der Waals surface area contributed by atoms with Gasteiger partial charge in [-0.25, -0.2) is 9.13 Å². The molecule has 102 heavy (non-hydrogen) atoms. The zero-order valence-electron chi connectivity index (χ0n) is 66.8. The van der Waals surface area contributed by atoms with E-state index in [2.05, 4.69) is 34.6 Å². The van der Waals surface area contributed by atoms with Crippen LogP contribution in [0.25, 0.3) is 0 Å². The third-order valence-corrected chi connectivity index (χ3v) is 21.4. The minimum atomic E-state index is -4.96. The van der Waals surface area contributed by atoms with Crippen molar-refractivity contribution in [3.63, 3.8) is 0 Å². The van der Waals surface area contributed by atoms with E-state index in [9.17, 15) is 43.2 Å². The molecule has 0 aliphatic heterocycles. The van der Waals surface area contributed by atoms with E-state index >= 15 is 0 Å². The highest BCUT2D eigenvalue weighted by Crippen LogP contribution is 2.45. The van der Waals surface area contributed by atoms with Crippen LogP contribution in [-0.2, 0) is 65.4 Å². The number of unbranched alkanes of at least 4 members (excludes halogenated alkanes) is 55. The van der Waals surface area contributed by atoms with Gasteiger partial charge in [0.05, 0.1) is 26.4 Å². The summed E-state index contributed by atoms with van der Waals surface area (Å²) in [6, 6.07) is 0. The third-order valence-electron chi connectivity index (χ3n) is 19.5. The maximum Gasteiger partial charge on any atom is 0.472 e. The van der Waals surface area contributed by atoms with Crippen LogP contribution >= 0.6 is 15.6 Å². The van der Waals surface area contributed by atoms with Crippen molar-refractivity contribution in [2.75, 3.05) is 39.6 Å². The van der Waals surface area contributed by atoms with E-state index in [1.807, 2.05) is 0 Å². The minimum absolute atomic E-state index is 0.107. The largest absolute Gasteiger partial charge is 0.472 e. The second-order valence-corrected chi connectivity index (χ2v) is 33.3. The van der Waals surface area contributed by atoms with Gasteiger partial charge in [0.25, 0.3) is 0 Å². The molecule has 0 saturated carbocycles. The fourth-order valence-electron chi connectivity index (χ4n) is 12.9. The minimum Gasteiger partial charge on any atom is -0.462 e. The van der Waals surface area contributed by atoms with E-state index in [0.29, 0.717) is 25.7 Å². The van der Waals surface area contributed by atoms with E-state index in [-0.39, 0.29) is 25.7 Å². The van der Waals surface area contributed by atoms with Gasteiger partial charge in [0.2, 0.25) is 0 Å². The van der Waals surface area contributed by atoms with Crippen LogP contribution in [0.1, 0.15) is 446 Å². The molecule has 606 valence electrons. The molecule has 0 aromatic heterocycles. The number of rotatable bonds is 83. The summed E-state index contributed by atoms with van der Waals surface area (Å²) >= 11 is 0. The van der Waals surface area contributed by atoms with E-state index in [1.165, 1.54) is 270 Å². The molecule has 0 radical (unpaired) electrons. The molecular weight excluding hydrogens is 1330 g/mol. The first-order chi connectivity index (χ1) is 49.5. The lowest BCUT2D eigenvalue weighted by atomic mass is 10.0. The quantitative estimate of drug-likeness (QED) is 0.0222. The molecule has 3 N–H and O–H groups in total. The summed E-state index contributed by atoms with van der Waals surface area (Å²) in [4.78, 5) is 73.1. The van der Waals surface area contributed by atoms with E-state index < -0.39 is 97.5 Å². The summed E-state index contributed by atoms with van der Waals surface area (Å²) in [6.45, 7) is 7.34. The van der Waals surface area contributed by atoms with Crippen molar-refractivity contribution in [1.82, 2.24) is 0 Å². The van der Waals surface area contributed by atoms with Crippen LogP contribution in [0.15, 0.2) is 0 Å². The lowest BCUT2D eigenvalue weighted by molar-refractivity contribution is -0.161. The molecule has 0 saturated heterocycles. The van der Waals surface area contributed by atoms with Crippen LogP contribution in [0, 0.1) is 5.92 Å². The van der Waals surface area contributed by atoms with Crippen molar-refractivity contribution in [3.05, 3.63) is 0 Å². The molecule has 5 atom stereocenters. The van der Waals surface area contributed by atoms with Crippen LogP contribution in [0.3, 0.4) is 0 Å². The zero-order chi connectivity index (χ0) is 74.8. The second kappa shape index (κ2) is 75.9. The maximum atomic E-state index is 13.1. The number of phosphoric acid groups is 2. The number of carbonyl (C=O) groups is 4. The molecule has 0 aliphatic rings. The Hall–Kier alpha value is -1.94. The average molecular weight is 1490 g/mol. The summed E-state index contributed by atoms with van der Waals surface area (Å²) in [5.41, 5.74) is 0. The van der Waals surface area contributed by atoms with Crippen LogP contribution in [0.4, 0.5) is 0 Å². The molecular formula is C83H162O17P2. The molecule has 0 spiro atoms. The molecule has 0 aliphatic carbocycles. The Morgan fingerprint density at radius 3 is 0.667 bits per heavy atom. The smallest absolute Gasteiger partial charge is 0.462 e. The first-order valence-corrected chi connectivity index (χ1v) is 46.1. The van der Waals surface area contributed by atoms with Gasteiger partial charge in [0.1, 0.15) is 19.3 Å². The van der Waals surface area contributed by atoms with E-state index in [0.717, 1.165) is 95.8 Å². The molecule has 0 rings (SSSR count). The predicted octanol–water partition coefficient (Wildman–Crippen LogP) is 25.2. The third kappa shape index (κ3) is 76.3. The summed E-state index contributed by atoms with van der Waals surface area (Å²) in [5, 5.41) is 10.7. The van der Waals surface area contributed by atoms with Crippen molar-refractivity contribution in [2.24, 2.45) is 5.92 Å². The SMILES string of the molecule is CCCCCCCCCCCCCCCCCCCCCCC(=O)O[C@H](COC(=O)CCCCCCCCCCCCCCCCCCC)COP(=O)(O)OC[C@@H](O)COP(=O)(O)OC[C@@H](COC(=O)CCCCCCCCCCCCC)OC(=O)CCCCCCCCCCCCCC(C)C. The summed E-state index contributed by atoms with van der Waals surface area (Å²) in [7, 11) is -9.92. The van der Waals surface area contributed by atoms with Crippen molar-refractivity contribution in [1.29, 1.82) is 0 Å². The van der Waals surface area contributed by atoms with Gasteiger partial charge >= 0.3 is 39.5 Å². The highest BCUT2D eigenvalue weighted by Gasteiger charge is 2.30. The van der Waals surface area contributed by atoms with Gasteiger partial charge in [-0.05, 0) is 31.6 Å². The van der Waals surface area contributed by atoms with Gasteiger partial charge in [-0.3, -0.25) is 37.3 Å². The van der Waals surface area contributed by atoms with Gasteiger partial charge in [-0.2, -0.15) is 0 Å². The lowest BCUT2D eigenvalue weighted by Crippen LogP contribution is -2.30. The summed E-state index contributed by atoms with van der Waals surface area (Å²) in [5.74, 6) is -1.34. The van der Waals surface area contributed by atoms with Gasteiger partial charge in [-0.15, -0.1) is 0 Å². The Morgan fingerprint density at radius 1 is 0.265 bits per heavy atom. The Morgan fingerprint density at radius 2 is 0.451 bits per heavy atom. The monoisotopic (exact) mass is 1490 g/mol. The molecule has 0 bridgehead atoms. The molecule has 0 aromatic carbocycles. The number of carbonyl (C=O) groups excluding carboxylic acids is 4. The van der Waals surface area contributed by atoms with Gasteiger partial charge < -0.3 is 33.8 Å². The number of ether oxygens (including phenoxy) is 4. The van der Waals surface area contributed by atoms with Crippen LogP contribution in [0.2, 0.25) is 0 Å². The molecule has 19 heteroatoms. The maximum absolute atomic E-state index is 13.1. The molecule has 0 amide bonds. The topological polar surface area (TPSA) is 237 Å². The van der Waals surface area contributed by atoms with Crippen LogP contribution in [0.5, 0.6) is 0 Å². The van der Waals surface area contributed by atoms with Crippen LogP contribution < -0.4 is 0 Å². The highest BCUT2D eigenvalue weighted by atomic mass is 31.2. The van der Waals surface area contributed by atoms with Crippen molar-refractivity contribution in [2.45, 2.75) is 464 Å². The van der Waals surface area contributed by atoms with Gasteiger partial charge in [-0.1, -0.05) is 394 Å². The summed E-state index contributed by atoms with van der Waals surface area (Å²) in [6.07, 6.45) is 68.0. The molecule has 17 nitrogen and oxygen atoms in total. The standard InChI is InChI=1S/C83H162O17P2/c1-6-9-12-15-18-21-24-26-28-30-31-32-34-36-38-43-48-53-58-63-68-82(87)99-79(73-94-81(86)67-62-57-52-47-42-37-35-33-29-27-25-22-19-16-13-10-7-2)75-98-102(91,92)96-71-77(84)70-95-101(89,90)97-74-78(72-93-80(85)66-61-56-51-46-40-23-20-17-14-11-8-3)100-83(88)69-64-59-54-49-44-39-41-45-50-55-60-65-76(4)5/h76-79,84H,6-75H2,1-5H3,(H,89,90)(H,91,92)/t77-,78+,79+/m0/s1. The van der Waals surface area contributed by atoms with Gasteiger partial charge in [0.15, 0.2) is 12.2 Å². The number of aliphatic hydroxyl groups excluding tert-OH is 1. The Kier molecular flexibility index (Phi) is 74.4. The number of hydrogen-bond acceptors (Lipinski definition) is 15. The van der Waals surface area contributed by atoms with Crippen molar-refractivity contribution >= 4 is 39.5 Å². The zero-order valence-corrected chi connectivity index (χ0v) is 68.5. The second-order valence-electron chi connectivity index (χ2n) is 30.3. The molecule has 2 unspecified atom stereocenters. The van der Waals surface area contributed by atoms with Crippen LogP contribution in [-0.4, -0.2) is 96.7 Å². The fourth-order valence-corrected chi connectivity index (χ4v) is 14.5. The molecule has 0 aromatic rings. The fraction of sp³-hybridized carbons (Fsp3) is 0.952. The van der Waals surface area contributed by atoms with Crippen molar-refractivity contribution in [3.8, 4) is 0 Å². The molecule has 0 fully saturated rings. The first-order valence-electron chi connectivity index (χ1n) is 43.1. The van der Waals surface area contributed by atoms with Gasteiger partial charge in [0, 0.05) is 25.7 Å². The summed E-state index contributed by atoms with van der Waals surface area (Å²) < 4.78 is 68.8. The highest BCUT2D eigenvalue weighted by molar-refractivity contribution is 7.47. The Bertz CT molecular complexity index is 1940. The average Bonchev–Trinajstić information content (AvgIpc) is 0.935. The normalized spacial score (nSPS) is 13.8.